The lowest BCUT2D eigenvalue weighted by Gasteiger charge is -2.32. The zero-order valence-corrected chi connectivity index (χ0v) is 6.85. The molecule has 4 nitrogen and oxygen atoms in total. The van der Waals surface area contributed by atoms with Crippen LogP contribution in [0.15, 0.2) is 0 Å². The molecule has 1 unspecified atom stereocenters. The smallest absolute Gasteiger partial charge is 0.240 e. The third kappa shape index (κ3) is 1.91. The van der Waals surface area contributed by atoms with E-state index in [4.69, 9.17) is 0 Å². The minimum Gasteiger partial charge on any atom is -0.388 e. The lowest BCUT2D eigenvalue weighted by Crippen LogP contribution is -2.61. The molecule has 1 aliphatic rings. The van der Waals surface area contributed by atoms with Gasteiger partial charge in [0.15, 0.2) is 0 Å². The highest BCUT2D eigenvalue weighted by molar-refractivity contribution is 5.83. The van der Waals surface area contributed by atoms with Crippen molar-refractivity contribution in [3.63, 3.8) is 0 Å². The molecule has 11 heavy (non-hydrogen) atoms. The van der Waals surface area contributed by atoms with Gasteiger partial charge >= 0.3 is 0 Å². The predicted molar refractivity (Wildman–Crippen MR) is 41.1 cm³/mol. The van der Waals surface area contributed by atoms with Crippen LogP contribution in [0.3, 0.4) is 0 Å². The summed E-state index contributed by atoms with van der Waals surface area (Å²) in [7, 11) is 0. The van der Waals surface area contributed by atoms with E-state index in [1.165, 1.54) is 0 Å². The second kappa shape index (κ2) is 2.79. The third-order valence-corrected chi connectivity index (χ3v) is 1.74. The monoisotopic (exact) mass is 158 g/mol. The minimum atomic E-state index is -0.982. The number of amides is 1. The van der Waals surface area contributed by atoms with Crippen molar-refractivity contribution in [3.8, 4) is 0 Å². The van der Waals surface area contributed by atoms with Gasteiger partial charge in [-0.1, -0.05) is 0 Å². The average molecular weight is 158 g/mol. The van der Waals surface area contributed by atoms with Crippen molar-refractivity contribution in [2.24, 2.45) is 0 Å². The summed E-state index contributed by atoms with van der Waals surface area (Å²) in [5, 5.41) is 15.1. The van der Waals surface area contributed by atoms with Crippen LogP contribution in [0.5, 0.6) is 0 Å². The SMILES string of the molecule is CC(C)(O)C1NCCNC1=O. The number of piperazine rings is 1. The summed E-state index contributed by atoms with van der Waals surface area (Å²) in [5.74, 6) is -0.122. The molecule has 0 aromatic carbocycles. The summed E-state index contributed by atoms with van der Waals surface area (Å²) in [6.45, 7) is 4.61. The number of carbonyl (C=O) groups excluding carboxylic acids is 1. The van der Waals surface area contributed by atoms with Crippen LogP contribution in [0.1, 0.15) is 13.8 Å². The number of hydrogen-bond donors (Lipinski definition) is 3. The van der Waals surface area contributed by atoms with Gasteiger partial charge in [-0.3, -0.25) is 4.79 Å². The first-order valence-electron chi connectivity index (χ1n) is 3.75. The van der Waals surface area contributed by atoms with E-state index in [1.807, 2.05) is 0 Å². The van der Waals surface area contributed by atoms with Crippen molar-refractivity contribution in [2.75, 3.05) is 13.1 Å². The number of aliphatic hydroxyl groups is 1. The second-order valence-corrected chi connectivity index (χ2v) is 3.33. The first kappa shape index (κ1) is 8.49. The lowest BCUT2D eigenvalue weighted by molar-refractivity contribution is -0.130. The maximum Gasteiger partial charge on any atom is 0.240 e. The molecule has 0 bridgehead atoms. The zero-order valence-electron chi connectivity index (χ0n) is 6.85. The molecule has 3 N–H and O–H groups in total. The van der Waals surface area contributed by atoms with Gasteiger partial charge in [0.2, 0.25) is 5.91 Å². The van der Waals surface area contributed by atoms with Gasteiger partial charge in [-0.2, -0.15) is 0 Å². The van der Waals surface area contributed by atoms with Crippen LogP contribution in [0.2, 0.25) is 0 Å². The first-order valence-corrected chi connectivity index (χ1v) is 3.75. The van der Waals surface area contributed by atoms with E-state index in [-0.39, 0.29) is 5.91 Å². The Kier molecular flexibility index (Phi) is 2.15. The number of hydrogen-bond acceptors (Lipinski definition) is 3. The van der Waals surface area contributed by atoms with E-state index in [1.54, 1.807) is 13.8 Å². The molecular formula is C7H14N2O2. The number of nitrogens with one attached hydrogen (secondary N) is 2. The van der Waals surface area contributed by atoms with Gasteiger partial charge in [0.1, 0.15) is 6.04 Å². The molecule has 1 rings (SSSR count). The Balaban J connectivity index is 2.62. The zero-order chi connectivity index (χ0) is 8.48. The topological polar surface area (TPSA) is 61.4 Å². The molecule has 1 amide bonds. The first-order chi connectivity index (χ1) is 5.02. The Morgan fingerprint density at radius 2 is 2.18 bits per heavy atom. The van der Waals surface area contributed by atoms with Crippen molar-refractivity contribution in [1.82, 2.24) is 10.6 Å². The Morgan fingerprint density at radius 1 is 1.55 bits per heavy atom. The summed E-state index contributed by atoms with van der Waals surface area (Å²) in [6, 6.07) is -0.476. The summed E-state index contributed by atoms with van der Waals surface area (Å²) in [5.41, 5.74) is -0.982. The number of rotatable bonds is 1. The average Bonchev–Trinajstić information content (AvgIpc) is 1.86. The molecule has 0 spiro atoms. The van der Waals surface area contributed by atoms with Gasteiger partial charge in [0.25, 0.3) is 0 Å². The van der Waals surface area contributed by atoms with Crippen molar-refractivity contribution in [1.29, 1.82) is 0 Å². The van der Waals surface area contributed by atoms with Gasteiger partial charge in [-0.15, -0.1) is 0 Å². The molecular weight excluding hydrogens is 144 g/mol. The molecule has 1 atom stereocenters. The molecule has 1 heterocycles. The Morgan fingerprint density at radius 3 is 2.55 bits per heavy atom. The van der Waals surface area contributed by atoms with Gasteiger partial charge in [-0.25, -0.2) is 0 Å². The maximum atomic E-state index is 11.1. The Labute approximate surface area is 66.0 Å². The van der Waals surface area contributed by atoms with E-state index in [2.05, 4.69) is 10.6 Å². The molecule has 64 valence electrons. The van der Waals surface area contributed by atoms with Crippen LogP contribution in [-0.4, -0.2) is 35.7 Å². The highest BCUT2D eigenvalue weighted by atomic mass is 16.3. The van der Waals surface area contributed by atoms with E-state index in [0.29, 0.717) is 6.54 Å². The maximum absolute atomic E-state index is 11.1. The predicted octanol–water partition coefficient (Wildman–Crippen LogP) is -1.15. The van der Waals surface area contributed by atoms with Gasteiger partial charge in [-0.05, 0) is 13.8 Å². The van der Waals surface area contributed by atoms with Crippen LogP contribution < -0.4 is 10.6 Å². The standard InChI is InChI=1S/C7H14N2O2/c1-7(2,11)5-6(10)9-4-3-8-5/h5,8,11H,3-4H2,1-2H3,(H,9,10). The fourth-order valence-electron chi connectivity index (χ4n) is 1.17. The van der Waals surface area contributed by atoms with E-state index in [9.17, 15) is 9.90 Å². The Bertz CT molecular complexity index is 162. The summed E-state index contributed by atoms with van der Waals surface area (Å²) < 4.78 is 0. The second-order valence-electron chi connectivity index (χ2n) is 3.33. The van der Waals surface area contributed by atoms with Gasteiger partial charge in [0.05, 0.1) is 5.60 Å². The summed E-state index contributed by atoms with van der Waals surface area (Å²) in [4.78, 5) is 11.1. The summed E-state index contributed by atoms with van der Waals surface area (Å²) in [6.07, 6.45) is 0. The van der Waals surface area contributed by atoms with Crippen molar-refractivity contribution < 1.29 is 9.90 Å². The highest BCUT2D eigenvalue weighted by Crippen LogP contribution is 2.09. The molecule has 1 fully saturated rings. The quantitative estimate of drug-likeness (QED) is 0.451. The fraction of sp³-hybridized carbons (Fsp3) is 0.857. The third-order valence-electron chi connectivity index (χ3n) is 1.74. The molecule has 1 saturated heterocycles. The van der Waals surface area contributed by atoms with Crippen LogP contribution in [0, 0.1) is 0 Å². The van der Waals surface area contributed by atoms with Crippen LogP contribution in [-0.2, 0) is 4.79 Å². The normalized spacial score (nSPS) is 26.5. The molecule has 0 aromatic heterocycles. The van der Waals surface area contributed by atoms with E-state index in [0.717, 1.165) is 6.54 Å². The molecule has 0 radical (unpaired) electrons. The number of carbonyl (C=O) groups is 1. The van der Waals surface area contributed by atoms with Crippen molar-refractivity contribution in [2.45, 2.75) is 25.5 Å². The lowest BCUT2D eigenvalue weighted by atomic mass is 9.97. The molecule has 4 heteroatoms. The highest BCUT2D eigenvalue weighted by Gasteiger charge is 2.34. The minimum absolute atomic E-state index is 0.122. The molecule has 1 aliphatic heterocycles. The van der Waals surface area contributed by atoms with Gasteiger partial charge in [0, 0.05) is 13.1 Å². The molecule has 0 aromatic rings. The van der Waals surface area contributed by atoms with Crippen LogP contribution in [0.4, 0.5) is 0 Å². The van der Waals surface area contributed by atoms with Crippen LogP contribution >= 0.6 is 0 Å². The molecule has 0 saturated carbocycles. The fourth-order valence-corrected chi connectivity index (χ4v) is 1.17. The molecule has 0 aliphatic carbocycles. The van der Waals surface area contributed by atoms with Crippen molar-refractivity contribution >= 4 is 5.91 Å². The van der Waals surface area contributed by atoms with E-state index < -0.39 is 11.6 Å². The largest absolute Gasteiger partial charge is 0.388 e. The van der Waals surface area contributed by atoms with Gasteiger partial charge < -0.3 is 15.7 Å². The van der Waals surface area contributed by atoms with E-state index >= 15 is 0 Å². The summed E-state index contributed by atoms with van der Waals surface area (Å²) >= 11 is 0. The van der Waals surface area contributed by atoms with Crippen molar-refractivity contribution in [3.05, 3.63) is 0 Å². The Hall–Kier alpha value is -0.610. The van der Waals surface area contributed by atoms with Crippen LogP contribution in [0.25, 0.3) is 0 Å².